The Hall–Kier alpha value is -2.43. The van der Waals surface area contributed by atoms with E-state index < -0.39 is 11.9 Å². The van der Waals surface area contributed by atoms with Crippen LogP contribution in [0.3, 0.4) is 0 Å². The lowest BCUT2D eigenvalue weighted by Gasteiger charge is -2.12. The van der Waals surface area contributed by atoms with E-state index in [9.17, 15) is 9.59 Å². The van der Waals surface area contributed by atoms with Crippen LogP contribution in [0.1, 0.15) is 23.7 Å². The molecule has 5 nitrogen and oxygen atoms in total. The Labute approximate surface area is 116 Å². The Bertz CT molecular complexity index is 635. The third-order valence-electron chi connectivity index (χ3n) is 3.24. The molecule has 0 aliphatic carbocycles. The normalized spacial score (nSPS) is 12.1. The van der Waals surface area contributed by atoms with Crippen molar-refractivity contribution in [3.63, 3.8) is 0 Å². The molecule has 0 radical (unpaired) electrons. The van der Waals surface area contributed by atoms with Gasteiger partial charge in [0, 0.05) is 18.1 Å². The molecule has 0 aliphatic heterocycles. The van der Waals surface area contributed by atoms with E-state index >= 15 is 0 Å². The summed E-state index contributed by atoms with van der Waals surface area (Å²) in [5.41, 5.74) is 1.25. The van der Waals surface area contributed by atoms with Crippen molar-refractivity contribution in [2.75, 3.05) is 6.54 Å². The van der Waals surface area contributed by atoms with Crippen LogP contribution in [0.2, 0.25) is 0 Å². The molecule has 1 heterocycles. The summed E-state index contributed by atoms with van der Waals surface area (Å²) in [7, 11) is 0. The summed E-state index contributed by atoms with van der Waals surface area (Å²) < 4.78 is 0. The average Bonchev–Trinajstić information content (AvgIpc) is 2.46. The number of benzene rings is 1. The highest BCUT2D eigenvalue weighted by atomic mass is 16.4. The molecule has 2 rings (SSSR count). The van der Waals surface area contributed by atoms with Gasteiger partial charge in [-0.05, 0) is 18.6 Å². The first-order chi connectivity index (χ1) is 9.63. The molecule has 104 valence electrons. The molecule has 0 saturated carbocycles. The van der Waals surface area contributed by atoms with Crippen molar-refractivity contribution in [2.45, 2.75) is 13.3 Å². The Morgan fingerprint density at radius 3 is 2.75 bits per heavy atom. The zero-order valence-corrected chi connectivity index (χ0v) is 11.2. The van der Waals surface area contributed by atoms with E-state index in [1.54, 1.807) is 19.2 Å². The van der Waals surface area contributed by atoms with Gasteiger partial charge in [-0.15, -0.1) is 0 Å². The van der Waals surface area contributed by atoms with Crippen LogP contribution in [-0.2, 0) is 4.79 Å². The number of pyridine rings is 1. The van der Waals surface area contributed by atoms with Crippen molar-refractivity contribution < 1.29 is 14.7 Å². The summed E-state index contributed by atoms with van der Waals surface area (Å²) >= 11 is 0. The van der Waals surface area contributed by atoms with Crippen LogP contribution < -0.4 is 5.32 Å². The number of carbonyl (C=O) groups excluding carboxylic acids is 1. The number of aliphatic carboxylic acids is 1. The van der Waals surface area contributed by atoms with Crippen molar-refractivity contribution in [3.8, 4) is 0 Å². The fourth-order valence-electron chi connectivity index (χ4n) is 2.01. The minimum absolute atomic E-state index is 0.126. The molecule has 0 aliphatic rings. The lowest BCUT2D eigenvalue weighted by atomic mass is 10.1. The Morgan fingerprint density at radius 1 is 1.30 bits per heavy atom. The number of amides is 1. The highest BCUT2D eigenvalue weighted by Crippen LogP contribution is 2.16. The number of hydrogen-bond acceptors (Lipinski definition) is 3. The fourth-order valence-corrected chi connectivity index (χ4v) is 2.01. The predicted molar refractivity (Wildman–Crippen MR) is 75.5 cm³/mol. The minimum Gasteiger partial charge on any atom is -0.481 e. The molecule has 2 aromatic rings. The van der Waals surface area contributed by atoms with Gasteiger partial charge in [0.15, 0.2) is 0 Å². The van der Waals surface area contributed by atoms with Gasteiger partial charge in [-0.2, -0.15) is 0 Å². The van der Waals surface area contributed by atoms with Crippen LogP contribution in [0.5, 0.6) is 0 Å². The molecule has 1 aromatic heterocycles. The summed E-state index contributed by atoms with van der Waals surface area (Å²) in [6, 6.07) is 8.99. The van der Waals surface area contributed by atoms with Gasteiger partial charge >= 0.3 is 5.97 Å². The van der Waals surface area contributed by atoms with Crippen molar-refractivity contribution in [1.29, 1.82) is 0 Å². The second kappa shape index (κ2) is 6.14. The smallest absolute Gasteiger partial charge is 0.308 e. The molecule has 0 saturated heterocycles. The second-order valence-electron chi connectivity index (χ2n) is 4.53. The van der Waals surface area contributed by atoms with E-state index in [-0.39, 0.29) is 12.5 Å². The summed E-state index contributed by atoms with van der Waals surface area (Å²) in [4.78, 5) is 27.3. The van der Waals surface area contributed by atoms with Gasteiger partial charge in [-0.25, -0.2) is 0 Å². The van der Waals surface area contributed by atoms with Gasteiger partial charge in [0.2, 0.25) is 0 Å². The van der Waals surface area contributed by atoms with Gasteiger partial charge in [0.25, 0.3) is 5.91 Å². The molecule has 2 N–H and O–H groups in total. The number of carboxylic acids is 1. The molecular weight excluding hydrogens is 256 g/mol. The first-order valence-corrected chi connectivity index (χ1v) is 6.48. The van der Waals surface area contributed by atoms with Crippen molar-refractivity contribution in [2.24, 2.45) is 5.92 Å². The van der Waals surface area contributed by atoms with E-state index in [0.29, 0.717) is 12.0 Å². The van der Waals surface area contributed by atoms with Crippen LogP contribution in [0.4, 0.5) is 0 Å². The van der Waals surface area contributed by atoms with Crippen LogP contribution in [-0.4, -0.2) is 28.5 Å². The van der Waals surface area contributed by atoms with E-state index in [1.807, 2.05) is 24.3 Å². The van der Waals surface area contributed by atoms with Crippen molar-refractivity contribution in [3.05, 3.63) is 42.1 Å². The maximum atomic E-state index is 12.2. The fraction of sp³-hybridized carbons (Fsp3) is 0.267. The van der Waals surface area contributed by atoms with E-state index in [1.165, 1.54) is 0 Å². The maximum Gasteiger partial charge on any atom is 0.308 e. The number of carbonyl (C=O) groups is 2. The number of nitrogens with zero attached hydrogens (tertiary/aromatic N) is 1. The average molecular weight is 272 g/mol. The van der Waals surface area contributed by atoms with Crippen LogP contribution >= 0.6 is 0 Å². The third kappa shape index (κ3) is 2.93. The predicted octanol–water partition coefficient (Wildman–Crippen LogP) is 2.08. The monoisotopic (exact) mass is 272 g/mol. The number of aromatic nitrogens is 1. The molecule has 1 amide bonds. The topological polar surface area (TPSA) is 79.3 Å². The third-order valence-corrected chi connectivity index (χ3v) is 3.24. The highest BCUT2D eigenvalue weighted by molar-refractivity contribution is 6.06. The molecule has 0 spiro atoms. The Balaban J connectivity index is 2.18. The zero-order valence-electron chi connectivity index (χ0n) is 11.2. The van der Waals surface area contributed by atoms with Crippen LogP contribution in [0.25, 0.3) is 10.9 Å². The first-order valence-electron chi connectivity index (χ1n) is 6.48. The Morgan fingerprint density at radius 2 is 2.05 bits per heavy atom. The summed E-state index contributed by atoms with van der Waals surface area (Å²) in [6.07, 6.45) is 2.05. The number of fused-ring (bicyclic) bond motifs is 1. The number of para-hydroxylation sites is 1. The van der Waals surface area contributed by atoms with Gasteiger partial charge in [-0.3, -0.25) is 14.6 Å². The van der Waals surface area contributed by atoms with Gasteiger partial charge in [0.1, 0.15) is 0 Å². The zero-order chi connectivity index (χ0) is 14.5. The number of hydrogen-bond donors (Lipinski definition) is 2. The highest BCUT2D eigenvalue weighted by Gasteiger charge is 2.17. The molecule has 5 heteroatoms. The molecule has 0 bridgehead atoms. The number of carboxylic acid groups (broad SMARTS) is 1. The quantitative estimate of drug-likeness (QED) is 0.873. The number of rotatable bonds is 5. The van der Waals surface area contributed by atoms with Crippen molar-refractivity contribution in [1.82, 2.24) is 10.3 Å². The van der Waals surface area contributed by atoms with Gasteiger partial charge < -0.3 is 10.4 Å². The summed E-state index contributed by atoms with van der Waals surface area (Å²) in [5, 5.41) is 12.4. The molecule has 1 unspecified atom stereocenters. The molecular formula is C15H16N2O3. The first kappa shape index (κ1) is 14.0. The molecule has 1 aromatic carbocycles. The summed E-state index contributed by atoms with van der Waals surface area (Å²) in [5.74, 6) is -1.73. The molecule has 20 heavy (non-hydrogen) atoms. The largest absolute Gasteiger partial charge is 0.481 e. The second-order valence-corrected chi connectivity index (χ2v) is 4.53. The number of nitrogens with one attached hydrogen (secondary N) is 1. The maximum absolute atomic E-state index is 12.2. The minimum atomic E-state index is -0.896. The van der Waals surface area contributed by atoms with E-state index in [2.05, 4.69) is 10.3 Å². The lowest BCUT2D eigenvalue weighted by molar-refractivity contribution is -0.141. The van der Waals surface area contributed by atoms with Crippen LogP contribution in [0, 0.1) is 5.92 Å². The lowest BCUT2D eigenvalue weighted by Crippen LogP contribution is -2.32. The SMILES string of the molecule is CCC(CNC(=O)c1ccnc2ccccc12)C(=O)O. The van der Waals surface area contributed by atoms with E-state index in [0.717, 1.165) is 10.9 Å². The Kier molecular flexibility index (Phi) is 4.30. The standard InChI is InChI=1S/C15H16N2O3/c1-2-10(15(19)20)9-17-14(18)12-7-8-16-13-6-4-3-5-11(12)13/h3-8,10H,2,9H2,1H3,(H,17,18)(H,19,20). The molecule has 1 atom stereocenters. The summed E-state index contributed by atoms with van der Waals surface area (Å²) in [6.45, 7) is 1.91. The van der Waals surface area contributed by atoms with E-state index in [4.69, 9.17) is 5.11 Å². The molecule has 0 fully saturated rings. The van der Waals surface area contributed by atoms with Crippen LogP contribution in [0.15, 0.2) is 36.5 Å². The van der Waals surface area contributed by atoms with Gasteiger partial charge in [-0.1, -0.05) is 25.1 Å². The van der Waals surface area contributed by atoms with Gasteiger partial charge in [0.05, 0.1) is 17.0 Å². The van der Waals surface area contributed by atoms with Crippen molar-refractivity contribution >= 4 is 22.8 Å².